The second-order valence-electron chi connectivity index (χ2n) is 5.78. The molecule has 2 atom stereocenters. The fourth-order valence-electron chi connectivity index (χ4n) is 2.79. The average molecular weight is 347 g/mol. The predicted octanol–water partition coefficient (Wildman–Crippen LogP) is 2.75. The average Bonchev–Trinajstić information content (AvgIpc) is 3.07. The molecule has 1 aromatic heterocycles. The second-order valence-corrected chi connectivity index (χ2v) is 6.64. The van der Waals surface area contributed by atoms with Gasteiger partial charge in [0.15, 0.2) is 0 Å². The first-order chi connectivity index (χ1) is 11.5. The molecule has 1 aliphatic rings. The molecule has 2 unspecified atom stereocenters. The highest BCUT2D eigenvalue weighted by molar-refractivity contribution is 7.13. The van der Waals surface area contributed by atoms with Crippen molar-refractivity contribution in [2.24, 2.45) is 0 Å². The van der Waals surface area contributed by atoms with Crippen molar-refractivity contribution < 1.29 is 14.8 Å². The summed E-state index contributed by atoms with van der Waals surface area (Å²) < 4.78 is 0. The molecule has 0 saturated heterocycles. The van der Waals surface area contributed by atoms with E-state index in [4.69, 9.17) is 0 Å². The third-order valence-electron chi connectivity index (χ3n) is 4.09. The van der Waals surface area contributed by atoms with Crippen LogP contribution in [0.5, 0.6) is 0 Å². The number of amides is 1. The van der Waals surface area contributed by atoms with Crippen LogP contribution in [0.2, 0.25) is 0 Å². The lowest BCUT2D eigenvalue weighted by molar-refractivity contribution is -0.384. The van der Waals surface area contributed by atoms with E-state index in [2.05, 4.69) is 10.3 Å². The van der Waals surface area contributed by atoms with Gasteiger partial charge in [0.1, 0.15) is 10.7 Å². The van der Waals surface area contributed by atoms with E-state index in [0.717, 1.165) is 19.3 Å². The maximum Gasteiger partial charge on any atom is 0.271 e. The highest BCUT2D eigenvalue weighted by Crippen LogP contribution is 2.27. The Morgan fingerprint density at radius 3 is 2.92 bits per heavy atom. The summed E-state index contributed by atoms with van der Waals surface area (Å²) in [4.78, 5) is 27.0. The molecule has 2 N–H and O–H groups in total. The van der Waals surface area contributed by atoms with Gasteiger partial charge in [0.25, 0.3) is 11.6 Å². The molecule has 0 aliphatic heterocycles. The number of hydrogen-bond acceptors (Lipinski definition) is 6. The van der Waals surface area contributed by atoms with E-state index in [0.29, 0.717) is 17.0 Å². The molecule has 0 spiro atoms. The maximum atomic E-state index is 12.3. The minimum Gasteiger partial charge on any atom is -0.391 e. The molecule has 1 amide bonds. The summed E-state index contributed by atoms with van der Waals surface area (Å²) >= 11 is 1.26. The highest BCUT2D eigenvalue weighted by atomic mass is 32.1. The first-order valence-corrected chi connectivity index (χ1v) is 8.62. The first-order valence-electron chi connectivity index (χ1n) is 7.74. The van der Waals surface area contributed by atoms with E-state index in [1.165, 1.54) is 23.5 Å². The number of rotatable bonds is 4. The van der Waals surface area contributed by atoms with E-state index >= 15 is 0 Å². The van der Waals surface area contributed by atoms with Crippen LogP contribution in [0, 0.1) is 10.1 Å². The van der Waals surface area contributed by atoms with Crippen LogP contribution >= 0.6 is 11.3 Å². The van der Waals surface area contributed by atoms with E-state index in [1.807, 2.05) is 0 Å². The number of aliphatic hydroxyl groups excluding tert-OH is 1. The number of benzene rings is 1. The summed E-state index contributed by atoms with van der Waals surface area (Å²) in [5.74, 6) is -0.325. The fourth-order valence-corrected chi connectivity index (χ4v) is 3.58. The summed E-state index contributed by atoms with van der Waals surface area (Å²) in [6.07, 6.45) is 2.90. The number of carbonyl (C=O) groups is 1. The van der Waals surface area contributed by atoms with Crippen LogP contribution in [-0.2, 0) is 0 Å². The summed E-state index contributed by atoms with van der Waals surface area (Å²) in [5, 5.41) is 25.8. The minimum atomic E-state index is -0.516. The molecule has 0 bridgehead atoms. The third kappa shape index (κ3) is 3.60. The monoisotopic (exact) mass is 347 g/mol. The van der Waals surface area contributed by atoms with Crippen molar-refractivity contribution in [2.45, 2.75) is 37.8 Å². The topological polar surface area (TPSA) is 105 Å². The number of carbonyl (C=O) groups excluding carboxylic acids is 1. The predicted molar refractivity (Wildman–Crippen MR) is 89.9 cm³/mol. The lowest BCUT2D eigenvalue weighted by atomic mass is 9.92. The number of nitro benzene ring substituents is 1. The van der Waals surface area contributed by atoms with Crippen molar-refractivity contribution in [3.63, 3.8) is 0 Å². The normalized spacial score (nSPS) is 20.5. The molecule has 24 heavy (non-hydrogen) atoms. The van der Waals surface area contributed by atoms with Gasteiger partial charge in [0.2, 0.25) is 0 Å². The van der Waals surface area contributed by atoms with Gasteiger partial charge < -0.3 is 10.4 Å². The van der Waals surface area contributed by atoms with Gasteiger partial charge in [0, 0.05) is 23.1 Å². The molecule has 7 nitrogen and oxygen atoms in total. The Hall–Kier alpha value is -2.32. The number of aliphatic hydroxyl groups is 1. The zero-order valence-corrected chi connectivity index (χ0v) is 13.7. The van der Waals surface area contributed by atoms with Crippen molar-refractivity contribution in [3.8, 4) is 10.6 Å². The van der Waals surface area contributed by atoms with Gasteiger partial charge >= 0.3 is 0 Å². The first kappa shape index (κ1) is 16.5. The highest BCUT2D eigenvalue weighted by Gasteiger charge is 2.25. The van der Waals surface area contributed by atoms with Crippen molar-refractivity contribution in [2.75, 3.05) is 0 Å². The number of nitro groups is 1. The number of nitrogens with one attached hydrogen (secondary N) is 1. The second kappa shape index (κ2) is 7.06. The summed E-state index contributed by atoms with van der Waals surface area (Å²) in [6, 6.07) is 5.92. The van der Waals surface area contributed by atoms with Gasteiger partial charge in [0.05, 0.1) is 17.1 Å². The Labute approximate surface area is 142 Å². The maximum absolute atomic E-state index is 12.3. The van der Waals surface area contributed by atoms with Crippen LogP contribution in [0.15, 0.2) is 29.6 Å². The molecule has 126 valence electrons. The molecule has 0 radical (unpaired) electrons. The smallest absolute Gasteiger partial charge is 0.271 e. The molecule has 1 heterocycles. The summed E-state index contributed by atoms with van der Waals surface area (Å²) in [6.45, 7) is 0. The van der Waals surface area contributed by atoms with Gasteiger partial charge in [-0.05, 0) is 12.8 Å². The van der Waals surface area contributed by atoms with Gasteiger partial charge in [-0.25, -0.2) is 4.98 Å². The molecule has 1 saturated carbocycles. The van der Waals surface area contributed by atoms with E-state index in [-0.39, 0.29) is 23.3 Å². The number of nitrogens with zero attached hydrogens (tertiary/aromatic N) is 2. The van der Waals surface area contributed by atoms with Crippen molar-refractivity contribution in [1.82, 2.24) is 10.3 Å². The Morgan fingerprint density at radius 2 is 2.17 bits per heavy atom. The standard InChI is InChI=1S/C16H17N3O4S/c20-14-7-2-1-6-12(14)17-15(21)13-9-24-16(18-13)10-4-3-5-11(8-10)19(22)23/h3-5,8-9,12,14,20H,1-2,6-7H2,(H,17,21). The van der Waals surface area contributed by atoms with Crippen LogP contribution in [0.25, 0.3) is 10.6 Å². The summed E-state index contributed by atoms with van der Waals surface area (Å²) in [5.41, 5.74) is 0.851. The van der Waals surface area contributed by atoms with Crippen molar-refractivity contribution >= 4 is 22.9 Å². The van der Waals surface area contributed by atoms with Crippen molar-refractivity contribution in [1.29, 1.82) is 0 Å². The molecule has 1 fully saturated rings. The Kier molecular flexibility index (Phi) is 4.86. The Balaban J connectivity index is 1.74. The van der Waals surface area contributed by atoms with Gasteiger partial charge in [-0.15, -0.1) is 11.3 Å². The van der Waals surface area contributed by atoms with E-state index < -0.39 is 11.0 Å². The SMILES string of the molecule is O=C(NC1CCCCC1O)c1csc(-c2cccc([N+](=O)[O-])c2)n1. The zero-order valence-electron chi connectivity index (χ0n) is 12.8. The van der Waals surface area contributed by atoms with Crippen LogP contribution in [0.4, 0.5) is 5.69 Å². The number of aromatic nitrogens is 1. The van der Waals surface area contributed by atoms with Crippen LogP contribution in [-0.4, -0.2) is 33.1 Å². The number of hydrogen-bond donors (Lipinski definition) is 2. The van der Waals surface area contributed by atoms with Crippen LogP contribution < -0.4 is 5.32 Å². The fraction of sp³-hybridized carbons (Fsp3) is 0.375. The molecular weight excluding hydrogens is 330 g/mol. The van der Waals surface area contributed by atoms with Crippen molar-refractivity contribution in [3.05, 3.63) is 45.5 Å². The van der Waals surface area contributed by atoms with Gasteiger partial charge in [-0.1, -0.05) is 25.0 Å². The molecular formula is C16H17N3O4S. The molecule has 1 aromatic carbocycles. The largest absolute Gasteiger partial charge is 0.391 e. The summed E-state index contributed by atoms with van der Waals surface area (Å²) in [7, 11) is 0. The van der Waals surface area contributed by atoms with Crippen LogP contribution in [0.1, 0.15) is 36.2 Å². The van der Waals surface area contributed by atoms with E-state index in [1.54, 1.807) is 17.5 Å². The molecule has 1 aliphatic carbocycles. The Morgan fingerprint density at radius 1 is 1.38 bits per heavy atom. The Bertz CT molecular complexity index is 761. The number of non-ortho nitro benzene ring substituents is 1. The van der Waals surface area contributed by atoms with E-state index in [9.17, 15) is 20.0 Å². The lowest BCUT2D eigenvalue weighted by Gasteiger charge is -2.27. The minimum absolute atomic E-state index is 0.0148. The lowest BCUT2D eigenvalue weighted by Crippen LogP contribution is -2.45. The quantitative estimate of drug-likeness (QED) is 0.653. The van der Waals surface area contributed by atoms with Gasteiger partial charge in [-0.2, -0.15) is 0 Å². The van der Waals surface area contributed by atoms with Gasteiger partial charge in [-0.3, -0.25) is 14.9 Å². The molecule has 3 rings (SSSR count). The zero-order chi connectivity index (χ0) is 17.1. The molecule has 8 heteroatoms. The third-order valence-corrected chi connectivity index (χ3v) is 4.98. The molecule has 2 aromatic rings. The van der Waals surface area contributed by atoms with Crippen LogP contribution in [0.3, 0.4) is 0 Å². The number of thiazole rings is 1.